The predicted octanol–water partition coefficient (Wildman–Crippen LogP) is 3.98. The summed E-state index contributed by atoms with van der Waals surface area (Å²) < 4.78 is 0. The third-order valence-corrected chi connectivity index (χ3v) is 4.55. The van der Waals surface area contributed by atoms with Gasteiger partial charge in [-0.1, -0.05) is 44.9 Å². The Morgan fingerprint density at radius 3 is 2.63 bits per heavy atom. The molecule has 2 heteroatoms. The van der Waals surface area contributed by atoms with Gasteiger partial charge < -0.3 is 10.2 Å². The van der Waals surface area contributed by atoms with E-state index in [0.29, 0.717) is 6.04 Å². The number of nitrogens with one attached hydrogen (secondary N) is 1. The molecule has 1 aliphatic rings. The lowest BCUT2D eigenvalue weighted by atomic mass is 9.78. The van der Waals surface area contributed by atoms with Crippen LogP contribution in [0.15, 0.2) is 24.3 Å². The van der Waals surface area contributed by atoms with E-state index in [1.807, 2.05) is 0 Å². The van der Waals surface area contributed by atoms with Crippen LogP contribution in [0.25, 0.3) is 0 Å². The first-order chi connectivity index (χ1) is 9.08. The summed E-state index contributed by atoms with van der Waals surface area (Å²) in [7, 11) is 4.25. The normalized spacial score (nSPS) is 27.5. The van der Waals surface area contributed by atoms with Crippen molar-refractivity contribution in [3.63, 3.8) is 0 Å². The van der Waals surface area contributed by atoms with Crippen molar-refractivity contribution in [3.8, 4) is 0 Å². The summed E-state index contributed by atoms with van der Waals surface area (Å²) in [5.74, 6) is 1.61. The number of benzene rings is 1. The van der Waals surface area contributed by atoms with Crippen LogP contribution < -0.4 is 5.32 Å². The maximum absolute atomic E-state index is 3.81. The summed E-state index contributed by atoms with van der Waals surface area (Å²) in [6, 6.07) is 9.37. The Morgan fingerprint density at radius 2 is 1.89 bits per heavy atom. The third kappa shape index (κ3) is 3.73. The summed E-state index contributed by atoms with van der Waals surface area (Å²) in [5.41, 5.74) is 2.72. The molecule has 0 aliphatic heterocycles. The van der Waals surface area contributed by atoms with E-state index in [1.165, 1.54) is 30.5 Å². The standard InChI is InChI=1S/C17H28N2/c1-13-8-7-11-16(14(13)2)18-17-10-6-5-9-15(17)12-19(3)4/h5-6,9-10,13-14,16,18H,7-8,11-12H2,1-4H3. The van der Waals surface area contributed by atoms with E-state index < -0.39 is 0 Å². The molecular weight excluding hydrogens is 232 g/mol. The van der Waals surface area contributed by atoms with Gasteiger partial charge in [-0.05, 0) is 44.0 Å². The van der Waals surface area contributed by atoms with Gasteiger partial charge in [0, 0.05) is 18.3 Å². The molecule has 1 aromatic rings. The highest BCUT2D eigenvalue weighted by Gasteiger charge is 2.27. The molecule has 1 aromatic carbocycles. The fraction of sp³-hybridized carbons (Fsp3) is 0.647. The van der Waals surface area contributed by atoms with Crippen molar-refractivity contribution in [2.75, 3.05) is 19.4 Å². The van der Waals surface area contributed by atoms with Crippen molar-refractivity contribution in [2.24, 2.45) is 11.8 Å². The largest absolute Gasteiger partial charge is 0.382 e. The van der Waals surface area contributed by atoms with E-state index in [0.717, 1.165) is 18.4 Å². The predicted molar refractivity (Wildman–Crippen MR) is 83.4 cm³/mol. The summed E-state index contributed by atoms with van der Waals surface area (Å²) >= 11 is 0. The second-order valence-corrected chi connectivity index (χ2v) is 6.41. The van der Waals surface area contributed by atoms with Gasteiger partial charge >= 0.3 is 0 Å². The quantitative estimate of drug-likeness (QED) is 0.880. The van der Waals surface area contributed by atoms with Gasteiger partial charge in [-0.3, -0.25) is 0 Å². The van der Waals surface area contributed by atoms with Gasteiger partial charge in [-0.25, -0.2) is 0 Å². The van der Waals surface area contributed by atoms with E-state index in [-0.39, 0.29) is 0 Å². The van der Waals surface area contributed by atoms with Crippen molar-refractivity contribution >= 4 is 5.69 Å². The van der Waals surface area contributed by atoms with Crippen molar-refractivity contribution in [1.29, 1.82) is 0 Å². The second kappa shape index (κ2) is 6.42. The van der Waals surface area contributed by atoms with E-state index in [1.54, 1.807) is 0 Å². The molecule has 19 heavy (non-hydrogen) atoms. The van der Waals surface area contributed by atoms with Gasteiger partial charge in [0.15, 0.2) is 0 Å². The van der Waals surface area contributed by atoms with Gasteiger partial charge in [-0.2, -0.15) is 0 Å². The van der Waals surface area contributed by atoms with Crippen molar-refractivity contribution in [1.82, 2.24) is 4.90 Å². The zero-order valence-electron chi connectivity index (χ0n) is 12.8. The molecule has 2 rings (SSSR count). The summed E-state index contributed by atoms with van der Waals surface area (Å²) in [6.45, 7) is 5.79. The molecule has 0 heterocycles. The number of para-hydroxylation sites is 1. The Kier molecular flexibility index (Phi) is 4.87. The lowest BCUT2D eigenvalue weighted by Crippen LogP contribution is -2.35. The number of nitrogens with zero attached hydrogens (tertiary/aromatic N) is 1. The van der Waals surface area contributed by atoms with Crippen molar-refractivity contribution in [3.05, 3.63) is 29.8 Å². The Hall–Kier alpha value is -1.02. The Labute approximate surface area is 118 Å². The third-order valence-electron chi connectivity index (χ3n) is 4.55. The van der Waals surface area contributed by atoms with Gasteiger partial charge in [0.2, 0.25) is 0 Å². The number of rotatable bonds is 4. The zero-order valence-corrected chi connectivity index (χ0v) is 12.8. The number of anilines is 1. The maximum Gasteiger partial charge on any atom is 0.0388 e. The fourth-order valence-corrected chi connectivity index (χ4v) is 3.13. The van der Waals surface area contributed by atoms with Crippen molar-refractivity contribution < 1.29 is 0 Å². The van der Waals surface area contributed by atoms with Crippen LogP contribution in [0.1, 0.15) is 38.7 Å². The molecule has 1 aliphatic carbocycles. The lowest BCUT2D eigenvalue weighted by molar-refractivity contribution is 0.253. The zero-order chi connectivity index (χ0) is 13.8. The van der Waals surface area contributed by atoms with Gasteiger partial charge in [0.05, 0.1) is 0 Å². The van der Waals surface area contributed by atoms with Crippen LogP contribution in [0.3, 0.4) is 0 Å². The van der Waals surface area contributed by atoms with Crippen LogP contribution in [0, 0.1) is 11.8 Å². The topological polar surface area (TPSA) is 15.3 Å². The Morgan fingerprint density at radius 1 is 1.16 bits per heavy atom. The fourth-order valence-electron chi connectivity index (χ4n) is 3.13. The highest BCUT2D eigenvalue weighted by Crippen LogP contribution is 2.32. The molecule has 0 aromatic heterocycles. The summed E-state index contributed by atoms with van der Waals surface area (Å²) in [6.07, 6.45) is 4.06. The van der Waals surface area contributed by atoms with E-state index in [9.17, 15) is 0 Å². The van der Waals surface area contributed by atoms with Crippen LogP contribution >= 0.6 is 0 Å². The van der Waals surface area contributed by atoms with Crippen LogP contribution in [0.4, 0.5) is 5.69 Å². The Balaban J connectivity index is 2.09. The van der Waals surface area contributed by atoms with Gasteiger partial charge in [0.25, 0.3) is 0 Å². The SMILES string of the molecule is CC1CCCC(Nc2ccccc2CN(C)C)C1C. The lowest BCUT2D eigenvalue weighted by Gasteiger charge is -2.35. The minimum Gasteiger partial charge on any atom is -0.382 e. The molecule has 1 fully saturated rings. The first kappa shape index (κ1) is 14.4. The average Bonchev–Trinajstić information content (AvgIpc) is 2.36. The van der Waals surface area contributed by atoms with Crippen molar-refractivity contribution in [2.45, 2.75) is 45.7 Å². The minimum absolute atomic E-state index is 0.632. The van der Waals surface area contributed by atoms with Crippen LogP contribution in [-0.2, 0) is 6.54 Å². The first-order valence-corrected chi connectivity index (χ1v) is 7.57. The molecule has 1 saturated carbocycles. The molecular formula is C17H28N2. The van der Waals surface area contributed by atoms with E-state index in [4.69, 9.17) is 0 Å². The first-order valence-electron chi connectivity index (χ1n) is 7.57. The van der Waals surface area contributed by atoms with Crippen LogP contribution in [0.2, 0.25) is 0 Å². The maximum atomic E-state index is 3.81. The molecule has 0 spiro atoms. The van der Waals surface area contributed by atoms with E-state index >= 15 is 0 Å². The molecule has 0 amide bonds. The van der Waals surface area contributed by atoms with Gasteiger partial charge in [0.1, 0.15) is 0 Å². The second-order valence-electron chi connectivity index (χ2n) is 6.41. The smallest absolute Gasteiger partial charge is 0.0388 e. The monoisotopic (exact) mass is 260 g/mol. The highest BCUT2D eigenvalue weighted by atomic mass is 15.1. The van der Waals surface area contributed by atoms with Crippen LogP contribution in [0.5, 0.6) is 0 Å². The average molecular weight is 260 g/mol. The number of hydrogen-bond donors (Lipinski definition) is 1. The molecule has 3 atom stereocenters. The molecule has 0 bridgehead atoms. The molecule has 1 N–H and O–H groups in total. The molecule has 106 valence electrons. The minimum atomic E-state index is 0.632. The number of hydrogen-bond acceptors (Lipinski definition) is 2. The molecule has 3 unspecified atom stereocenters. The highest BCUT2D eigenvalue weighted by molar-refractivity contribution is 5.52. The molecule has 0 saturated heterocycles. The Bertz CT molecular complexity index is 400. The summed E-state index contributed by atoms with van der Waals surface area (Å²) in [4.78, 5) is 2.23. The molecule has 2 nitrogen and oxygen atoms in total. The molecule has 0 radical (unpaired) electrons. The van der Waals surface area contributed by atoms with E-state index in [2.05, 4.69) is 62.4 Å². The van der Waals surface area contributed by atoms with Crippen LogP contribution in [-0.4, -0.2) is 25.0 Å². The van der Waals surface area contributed by atoms with Gasteiger partial charge in [-0.15, -0.1) is 0 Å². The summed E-state index contributed by atoms with van der Waals surface area (Å²) in [5, 5.41) is 3.81.